The lowest BCUT2D eigenvalue weighted by atomic mass is 9.86. The van der Waals surface area contributed by atoms with E-state index < -0.39 is 10.9 Å². The first-order valence-corrected chi connectivity index (χ1v) is 16.6. The van der Waals surface area contributed by atoms with Gasteiger partial charge in [0.2, 0.25) is 5.91 Å². The van der Waals surface area contributed by atoms with Crippen molar-refractivity contribution in [2.75, 3.05) is 6.54 Å². The van der Waals surface area contributed by atoms with Crippen LogP contribution in [0.4, 0.5) is 5.69 Å². The van der Waals surface area contributed by atoms with Gasteiger partial charge in [-0.15, -0.1) is 0 Å². The Morgan fingerprint density at radius 2 is 1.48 bits per heavy atom. The molecule has 0 saturated heterocycles. The minimum Gasteiger partial charge on any atom is -0.485 e. The second-order valence-corrected chi connectivity index (χ2v) is 12.0. The monoisotopic (exact) mass is 650 g/mol. The molecule has 48 heavy (non-hydrogen) atoms. The Labute approximate surface area is 281 Å². The smallest absolute Gasteiger partial charge is 0.311 e. The summed E-state index contributed by atoms with van der Waals surface area (Å²) in [6.45, 7) is 3.63. The van der Waals surface area contributed by atoms with Crippen LogP contribution in [0.2, 0.25) is 0 Å². The summed E-state index contributed by atoms with van der Waals surface area (Å²) in [5.74, 6) is 1.43. The molecule has 9 heteroatoms. The zero-order chi connectivity index (χ0) is 33.7. The van der Waals surface area contributed by atoms with E-state index in [0.29, 0.717) is 39.0 Å². The van der Waals surface area contributed by atoms with Crippen LogP contribution >= 0.6 is 0 Å². The SMILES string of the molecule is CCCN(C(=O)CCCCC(=O)Oc1ccc([N+](=O)[O-])cc1)[C@H]1CCc2c(ccc(OCc3ccccc3)c2OCc2ccccc2)C1. The molecule has 0 fully saturated rings. The molecular formula is C39H42N2O7. The van der Waals surface area contributed by atoms with Crippen LogP contribution in [0.25, 0.3) is 0 Å². The molecule has 0 aliphatic heterocycles. The molecule has 250 valence electrons. The summed E-state index contributed by atoms with van der Waals surface area (Å²) in [5, 5.41) is 10.8. The highest BCUT2D eigenvalue weighted by molar-refractivity contribution is 5.77. The summed E-state index contributed by atoms with van der Waals surface area (Å²) < 4.78 is 18.1. The van der Waals surface area contributed by atoms with Crippen molar-refractivity contribution in [2.45, 2.75) is 77.5 Å². The lowest BCUT2D eigenvalue weighted by Crippen LogP contribution is -2.43. The summed E-state index contributed by atoms with van der Waals surface area (Å²) in [7, 11) is 0. The summed E-state index contributed by atoms with van der Waals surface area (Å²) >= 11 is 0. The van der Waals surface area contributed by atoms with Crippen LogP contribution in [0, 0.1) is 10.1 Å². The van der Waals surface area contributed by atoms with Crippen LogP contribution in [-0.4, -0.2) is 34.3 Å². The molecule has 1 aliphatic carbocycles. The summed E-state index contributed by atoms with van der Waals surface area (Å²) in [6, 6.07) is 29.8. The van der Waals surface area contributed by atoms with Gasteiger partial charge in [0, 0.05) is 43.1 Å². The van der Waals surface area contributed by atoms with Gasteiger partial charge in [-0.2, -0.15) is 0 Å². The number of nitro groups is 1. The molecular weight excluding hydrogens is 608 g/mol. The molecule has 0 radical (unpaired) electrons. The van der Waals surface area contributed by atoms with Crippen molar-refractivity contribution in [1.82, 2.24) is 4.90 Å². The molecule has 0 heterocycles. The van der Waals surface area contributed by atoms with Crippen LogP contribution in [0.5, 0.6) is 17.2 Å². The minimum absolute atomic E-state index is 0.0687. The Hall–Kier alpha value is -5.18. The zero-order valence-electron chi connectivity index (χ0n) is 27.3. The third kappa shape index (κ3) is 9.44. The van der Waals surface area contributed by atoms with E-state index >= 15 is 0 Å². The number of amides is 1. The fourth-order valence-corrected chi connectivity index (χ4v) is 6.04. The van der Waals surface area contributed by atoms with Gasteiger partial charge >= 0.3 is 5.97 Å². The largest absolute Gasteiger partial charge is 0.485 e. The van der Waals surface area contributed by atoms with Crippen LogP contribution in [0.3, 0.4) is 0 Å². The first-order chi connectivity index (χ1) is 23.4. The quantitative estimate of drug-likeness (QED) is 0.0397. The maximum Gasteiger partial charge on any atom is 0.311 e. The Morgan fingerprint density at radius 3 is 2.12 bits per heavy atom. The average molecular weight is 651 g/mol. The Balaban J connectivity index is 1.19. The molecule has 4 aromatic carbocycles. The summed E-state index contributed by atoms with van der Waals surface area (Å²) in [4.78, 5) is 38.1. The van der Waals surface area contributed by atoms with Gasteiger partial charge in [-0.1, -0.05) is 73.7 Å². The minimum atomic E-state index is -0.506. The van der Waals surface area contributed by atoms with E-state index in [0.717, 1.165) is 53.9 Å². The number of carbonyl (C=O) groups excluding carboxylic acids is 2. The highest BCUT2D eigenvalue weighted by atomic mass is 16.6. The average Bonchev–Trinajstić information content (AvgIpc) is 3.11. The van der Waals surface area contributed by atoms with Crippen LogP contribution in [0.15, 0.2) is 97.1 Å². The summed E-state index contributed by atoms with van der Waals surface area (Å²) in [6.07, 6.45) is 4.79. The van der Waals surface area contributed by atoms with Gasteiger partial charge in [0.05, 0.1) is 4.92 Å². The number of ether oxygens (including phenoxy) is 3. The van der Waals surface area contributed by atoms with Gasteiger partial charge in [-0.05, 0) is 73.4 Å². The highest BCUT2D eigenvalue weighted by Crippen LogP contribution is 2.40. The second-order valence-electron chi connectivity index (χ2n) is 12.0. The van der Waals surface area contributed by atoms with E-state index in [9.17, 15) is 19.7 Å². The number of carbonyl (C=O) groups is 2. The molecule has 0 unspecified atom stereocenters. The number of non-ortho nitro benzene ring substituents is 1. The molecule has 1 atom stereocenters. The van der Waals surface area contributed by atoms with E-state index in [-0.39, 0.29) is 29.8 Å². The number of hydrogen-bond acceptors (Lipinski definition) is 7. The molecule has 5 rings (SSSR count). The lowest BCUT2D eigenvalue weighted by Gasteiger charge is -2.36. The number of hydrogen-bond donors (Lipinski definition) is 0. The van der Waals surface area contributed by atoms with Crippen LogP contribution in [0.1, 0.15) is 67.7 Å². The van der Waals surface area contributed by atoms with Crippen molar-refractivity contribution in [3.8, 4) is 17.2 Å². The third-order valence-electron chi connectivity index (χ3n) is 8.49. The lowest BCUT2D eigenvalue weighted by molar-refractivity contribution is -0.384. The van der Waals surface area contributed by atoms with Crippen LogP contribution in [-0.2, 0) is 35.6 Å². The van der Waals surface area contributed by atoms with Gasteiger partial charge in [-0.25, -0.2) is 0 Å². The molecule has 4 aromatic rings. The number of unbranched alkanes of at least 4 members (excludes halogenated alkanes) is 1. The Bertz CT molecular complexity index is 1660. The molecule has 0 N–H and O–H groups in total. The van der Waals surface area contributed by atoms with Gasteiger partial charge in [0.15, 0.2) is 11.5 Å². The van der Waals surface area contributed by atoms with Gasteiger partial charge < -0.3 is 19.1 Å². The highest BCUT2D eigenvalue weighted by Gasteiger charge is 2.30. The topological polar surface area (TPSA) is 108 Å². The second kappa shape index (κ2) is 17.1. The Kier molecular flexibility index (Phi) is 12.2. The molecule has 9 nitrogen and oxygen atoms in total. The third-order valence-corrected chi connectivity index (χ3v) is 8.49. The molecule has 1 aliphatic rings. The van der Waals surface area contributed by atoms with Crippen molar-refractivity contribution >= 4 is 17.6 Å². The number of nitrogens with zero attached hydrogens (tertiary/aromatic N) is 2. The Morgan fingerprint density at radius 1 is 0.833 bits per heavy atom. The van der Waals surface area contributed by atoms with Crippen molar-refractivity contribution in [1.29, 1.82) is 0 Å². The van der Waals surface area contributed by atoms with Crippen molar-refractivity contribution in [2.24, 2.45) is 0 Å². The number of fused-ring (bicyclic) bond motifs is 1. The maximum atomic E-state index is 13.5. The predicted molar refractivity (Wildman–Crippen MR) is 183 cm³/mol. The number of esters is 1. The van der Waals surface area contributed by atoms with Gasteiger partial charge in [0.25, 0.3) is 5.69 Å². The molecule has 0 spiro atoms. The van der Waals surface area contributed by atoms with Crippen molar-refractivity contribution in [3.63, 3.8) is 0 Å². The van der Waals surface area contributed by atoms with E-state index in [1.165, 1.54) is 29.8 Å². The predicted octanol–water partition coefficient (Wildman–Crippen LogP) is 8.01. The summed E-state index contributed by atoms with van der Waals surface area (Å²) in [5.41, 5.74) is 4.41. The fourth-order valence-electron chi connectivity index (χ4n) is 6.04. The zero-order valence-corrected chi connectivity index (χ0v) is 27.3. The molecule has 0 bridgehead atoms. The van der Waals surface area contributed by atoms with E-state index in [2.05, 4.69) is 13.0 Å². The fraction of sp³-hybridized carbons (Fsp3) is 0.333. The standard InChI is InChI=1S/C39H42N2O7/c1-2-25-40(37(42)15-9-10-16-38(43)48-34-21-18-32(19-22-34)41(44)45)33-20-23-35-31(26-33)17-24-36(46-27-29-11-5-3-6-12-29)39(35)47-28-30-13-7-4-8-14-30/h3-8,11-14,17-19,21-22,24,33H,2,9-10,15-16,20,23,25-28H2,1H3/t33-/m0/s1. The first-order valence-electron chi connectivity index (χ1n) is 16.6. The van der Waals surface area contributed by atoms with E-state index in [1.807, 2.05) is 71.6 Å². The maximum absolute atomic E-state index is 13.5. The van der Waals surface area contributed by atoms with Crippen molar-refractivity contribution < 1.29 is 28.7 Å². The number of nitro benzene ring substituents is 1. The normalized spacial score (nSPS) is 13.6. The van der Waals surface area contributed by atoms with Crippen LogP contribution < -0.4 is 14.2 Å². The molecule has 1 amide bonds. The number of benzene rings is 4. The van der Waals surface area contributed by atoms with Crippen molar-refractivity contribution in [3.05, 3.63) is 129 Å². The number of rotatable bonds is 16. The van der Waals surface area contributed by atoms with E-state index in [4.69, 9.17) is 14.2 Å². The van der Waals surface area contributed by atoms with Gasteiger partial charge in [0.1, 0.15) is 19.0 Å². The molecule has 0 aromatic heterocycles. The van der Waals surface area contributed by atoms with Gasteiger partial charge in [-0.3, -0.25) is 19.7 Å². The van der Waals surface area contributed by atoms with E-state index in [1.54, 1.807) is 0 Å². The molecule has 0 saturated carbocycles. The first kappa shape index (κ1) is 34.2.